The lowest BCUT2D eigenvalue weighted by atomic mass is 9.85. The highest BCUT2D eigenvalue weighted by atomic mass is 32.2. The summed E-state index contributed by atoms with van der Waals surface area (Å²) in [5, 5.41) is 0. The minimum atomic E-state index is -5.75. The average Bonchev–Trinajstić information content (AvgIpc) is 3.09. The molecule has 0 heterocycles. The van der Waals surface area contributed by atoms with Crippen molar-refractivity contribution in [1.29, 1.82) is 0 Å². The fourth-order valence-electron chi connectivity index (χ4n) is 2.28. The lowest BCUT2D eigenvalue weighted by Gasteiger charge is -2.25. The maximum absolute atomic E-state index is 12.3. The van der Waals surface area contributed by atoms with E-state index in [1.54, 1.807) is 0 Å². The standard InChI is InChI=1S/C11H13F3O5S/c1-18-9(15)7-6-10(4-5-10)3-2-8(7)19-20(16,17)11(12,13)14/h2-6H2,1H3. The van der Waals surface area contributed by atoms with Gasteiger partial charge < -0.3 is 8.92 Å². The highest BCUT2D eigenvalue weighted by Crippen LogP contribution is 2.57. The number of allylic oxidation sites excluding steroid dienone is 1. The van der Waals surface area contributed by atoms with Crippen molar-refractivity contribution in [3.63, 3.8) is 0 Å². The van der Waals surface area contributed by atoms with Gasteiger partial charge in [0, 0.05) is 6.42 Å². The Morgan fingerprint density at radius 3 is 2.30 bits per heavy atom. The van der Waals surface area contributed by atoms with Crippen molar-refractivity contribution in [2.75, 3.05) is 7.11 Å². The Morgan fingerprint density at radius 2 is 1.85 bits per heavy atom. The van der Waals surface area contributed by atoms with Crippen LogP contribution < -0.4 is 0 Å². The Bertz CT molecular complexity index is 557. The van der Waals surface area contributed by atoms with E-state index < -0.39 is 27.4 Å². The lowest BCUT2D eigenvalue weighted by Crippen LogP contribution is -2.28. The third-order valence-corrected chi connectivity index (χ3v) is 4.64. The van der Waals surface area contributed by atoms with Gasteiger partial charge in [0.25, 0.3) is 0 Å². The van der Waals surface area contributed by atoms with E-state index in [-0.39, 0.29) is 23.8 Å². The normalized spacial score (nSPS) is 21.8. The van der Waals surface area contributed by atoms with Gasteiger partial charge >= 0.3 is 21.6 Å². The Hall–Kier alpha value is -1.25. The summed E-state index contributed by atoms with van der Waals surface area (Å²) in [7, 11) is -4.67. The molecule has 0 N–H and O–H groups in total. The first-order valence-electron chi connectivity index (χ1n) is 5.91. The molecule has 0 amide bonds. The van der Waals surface area contributed by atoms with Crippen molar-refractivity contribution < 1.29 is 35.3 Å². The van der Waals surface area contributed by atoms with Gasteiger partial charge in [-0.05, 0) is 31.1 Å². The highest BCUT2D eigenvalue weighted by Gasteiger charge is 2.52. The molecule has 0 aromatic carbocycles. The third-order valence-electron chi connectivity index (χ3n) is 3.65. The molecule has 5 nitrogen and oxygen atoms in total. The molecule has 2 aliphatic rings. The molecule has 1 fully saturated rings. The van der Waals surface area contributed by atoms with Crippen molar-refractivity contribution in [3.8, 4) is 0 Å². The highest BCUT2D eigenvalue weighted by molar-refractivity contribution is 7.87. The van der Waals surface area contributed by atoms with Crippen molar-refractivity contribution >= 4 is 16.1 Å². The Kier molecular flexibility index (Phi) is 3.52. The summed E-state index contributed by atoms with van der Waals surface area (Å²) in [5.74, 6) is -1.30. The van der Waals surface area contributed by atoms with Crippen LogP contribution >= 0.6 is 0 Å². The van der Waals surface area contributed by atoms with Gasteiger partial charge in [0.2, 0.25) is 0 Å². The van der Waals surface area contributed by atoms with E-state index in [0.29, 0.717) is 6.42 Å². The van der Waals surface area contributed by atoms with Crippen LogP contribution in [0.5, 0.6) is 0 Å². The van der Waals surface area contributed by atoms with E-state index in [1.807, 2.05) is 0 Å². The number of methoxy groups -OCH3 is 1. The van der Waals surface area contributed by atoms with Crippen molar-refractivity contribution in [3.05, 3.63) is 11.3 Å². The van der Waals surface area contributed by atoms with E-state index >= 15 is 0 Å². The monoisotopic (exact) mass is 314 g/mol. The molecule has 0 aromatic heterocycles. The number of hydrogen-bond donors (Lipinski definition) is 0. The molecule has 0 unspecified atom stereocenters. The average molecular weight is 314 g/mol. The molecular weight excluding hydrogens is 301 g/mol. The van der Waals surface area contributed by atoms with Crippen molar-refractivity contribution in [1.82, 2.24) is 0 Å². The van der Waals surface area contributed by atoms with Crippen LogP contribution in [0.1, 0.15) is 32.1 Å². The van der Waals surface area contributed by atoms with Crippen molar-refractivity contribution in [2.24, 2.45) is 5.41 Å². The molecule has 1 spiro atoms. The number of ether oxygens (including phenoxy) is 1. The molecule has 1 saturated carbocycles. The molecular formula is C11H13F3O5S. The van der Waals surface area contributed by atoms with Crippen LogP contribution in [-0.2, 0) is 23.8 Å². The van der Waals surface area contributed by atoms with Crippen LogP contribution in [0.25, 0.3) is 0 Å². The molecule has 0 radical (unpaired) electrons. The largest absolute Gasteiger partial charge is 0.534 e. The van der Waals surface area contributed by atoms with Crippen LogP contribution in [0.2, 0.25) is 0 Å². The minimum absolute atomic E-state index is 0.0141. The summed E-state index contributed by atoms with van der Waals surface area (Å²) in [6.45, 7) is 0. The minimum Gasteiger partial charge on any atom is -0.466 e. The van der Waals surface area contributed by atoms with Crippen LogP contribution in [0, 0.1) is 5.41 Å². The van der Waals surface area contributed by atoms with Gasteiger partial charge in [0.15, 0.2) is 0 Å². The maximum atomic E-state index is 12.3. The fourth-order valence-corrected chi connectivity index (χ4v) is 2.82. The zero-order valence-electron chi connectivity index (χ0n) is 10.6. The van der Waals surface area contributed by atoms with E-state index in [0.717, 1.165) is 20.0 Å². The molecule has 0 aromatic rings. The summed E-state index contributed by atoms with van der Waals surface area (Å²) in [6.07, 6.45) is 2.43. The topological polar surface area (TPSA) is 69.7 Å². The first-order chi connectivity index (χ1) is 9.10. The summed E-state index contributed by atoms with van der Waals surface area (Å²) in [6, 6.07) is 0. The van der Waals surface area contributed by atoms with Gasteiger partial charge in [0.05, 0.1) is 12.7 Å². The molecule has 0 atom stereocenters. The predicted octanol–water partition coefficient (Wildman–Crippen LogP) is 2.24. The quantitative estimate of drug-likeness (QED) is 0.454. The second-order valence-electron chi connectivity index (χ2n) is 5.05. The summed E-state index contributed by atoms with van der Waals surface area (Å²) in [4.78, 5) is 11.6. The number of rotatable bonds is 3. The number of carbonyl (C=O) groups is 1. The SMILES string of the molecule is COC(=O)C1=C(OS(=O)(=O)C(F)(F)F)CCC2(CC2)C1. The molecule has 2 rings (SSSR count). The third kappa shape index (κ3) is 2.77. The van der Waals surface area contributed by atoms with Crippen molar-refractivity contribution in [2.45, 2.75) is 37.6 Å². The number of halogens is 3. The molecule has 114 valence electrons. The van der Waals surface area contributed by atoms with Gasteiger partial charge in [-0.1, -0.05) is 0 Å². The summed E-state index contributed by atoms with van der Waals surface area (Å²) in [5.41, 5.74) is -5.72. The fraction of sp³-hybridized carbons (Fsp3) is 0.727. The van der Waals surface area contributed by atoms with Crippen LogP contribution in [0.15, 0.2) is 11.3 Å². The van der Waals surface area contributed by atoms with Gasteiger partial charge in [-0.3, -0.25) is 0 Å². The Balaban J connectivity index is 2.31. The van der Waals surface area contributed by atoms with E-state index in [1.165, 1.54) is 0 Å². The smallest absolute Gasteiger partial charge is 0.466 e. The molecule has 0 saturated heterocycles. The van der Waals surface area contributed by atoms with Crippen LogP contribution in [0.3, 0.4) is 0 Å². The van der Waals surface area contributed by atoms with Gasteiger partial charge in [-0.2, -0.15) is 21.6 Å². The first-order valence-corrected chi connectivity index (χ1v) is 7.32. The van der Waals surface area contributed by atoms with E-state index in [9.17, 15) is 26.4 Å². The second-order valence-corrected chi connectivity index (χ2v) is 6.59. The predicted molar refractivity (Wildman–Crippen MR) is 60.6 cm³/mol. The second kappa shape index (κ2) is 4.64. The van der Waals surface area contributed by atoms with Crippen LogP contribution in [-0.4, -0.2) is 27.0 Å². The molecule has 20 heavy (non-hydrogen) atoms. The first kappa shape index (κ1) is 15.1. The van der Waals surface area contributed by atoms with Gasteiger partial charge in [-0.15, -0.1) is 0 Å². The van der Waals surface area contributed by atoms with Gasteiger partial charge in [0.1, 0.15) is 5.76 Å². The molecule has 9 heteroatoms. The number of esters is 1. The van der Waals surface area contributed by atoms with Crippen LogP contribution in [0.4, 0.5) is 13.2 Å². The Labute approximate surface area is 113 Å². The number of hydrogen-bond acceptors (Lipinski definition) is 5. The molecule has 2 aliphatic carbocycles. The summed E-state index contributed by atoms with van der Waals surface area (Å²) < 4.78 is 67.6. The Morgan fingerprint density at radius 1 is 1.25 bits per heavy atom. The molecule has 0 aliphatic heterocycles. The zero-order valence-corrected chi connectivity index (χ0v) is 11.4. The van der Waals surface area contributed by atoms with E-state index in [4.69, 9.17) is 0 Å². The maximum Gasteiger partial charge on any atom is 0.534 e. The molecule has 0 bridgehead atoms. The number of carbonyl (C=O) groups excluding carboxylic acids is 1. The number of alkyl halides is 3. The summed E-state index contributed by atoms with van der Waals surface area (Å²) >= 11 is 0. The lowest BCUT2D eigenvalue weighted by molar-refractivity contribution is -0.136. The zero-order chi connectivity index (χ0) is 15.2. The van der Waals surface area contributed by atoms with E-state index in [2.05, 4.69) is 8.92 Å². The van der Waals surface area contributed by atoms with Gasteiger partial charge in [-0.25, -0.2) is 4.79 Å².